The molecule has 0 saturated carbocycles. The Labute approximate surface area is 209 Å². The van der Waals surface area contributed by atoms with Crippen LogP contribution in [0.3, 0.4) is 0 Å². The van der Waals surface area contributed by atoms with E-state index in [1.807, 2.05) is 18.0 Å². The van der Waals surface area contributed by atoms with Crippen LogP contribution in [0.25, 0.3) is 0 Å². The highest BCUT2D eigenvalue weighted by Crippen LogP contribution is 2.47. The minimum Gasteiger partial charge on any atom is -0.487 e. The zero-order valence-electron chi connectivity index (χ0n) is 20.2. The molecule has 2 saturated heterocycles. The first-order valence-electron chi connectivity index (χ1n) is 12.3. The second-order valence-electron chi connectivity index (χ2n) is 9.63. The fourth-order valence-corrected chi connectivity index (χ4v) is 5.17. The number of nitrogens with one attached hydrogen (secondary N) is 2. The monoisotopic (exact) mass is 498 g/mol. The number of aliphatic hydroxyl groups is 1. The molecule has 0 spiro atoms. The zero-order valence-corrected chi connectivity index (χ0v) is 20.2. The summed E-state index contributed by atoms with van der Waals surface area (Å²) in [7, 11) is 2.05. The number of ether oxygens (including phenoxy) is 2. The van der Waals surface area contributed by atoms with Gasteiger partial charge in [0.2, 0.25) is 5.91 Å². The maximum absolute atomic E-state index is 13.1. The lowest BCUT2D eigenvalue weighted by molar-refractivity contribution is -0.150. The van der Waals surface area contributed by atoms with Crippen LogP contribution in [0.15, 0.2) is 42.5 Å². The van der Waals surface area contributed by atoms with Gasteiger partial charge in [-0.25, -0.2) is 9.18 Å². The number of aliphatic hydroxyl groups excluding tert-OH is 1. The van der Waals surface area contributed by atoms with Crippen LogP contribution in [0.1, 0.15) is 24.3 Å². The number of benzene rings is 2. The Morgan fingerprint density at radius 3 is 2.47 bits per heavy atom. The standard InChI is InChI=1S/C26H31FN4O5/c1-30-8-10-31(11-9-30)24(33)14-19-13-21-20-12-18(6-7-22(20)36-25(21)23(15-32)35-19)29-26(34)28-17-4-2-16(27)3-5-17/h2-7,12,19,21,23,25,32H,8-11,13-15H2,1H3,(H2,28,29,34)/t19-,21-,23-,25+/m0/s1. The van der Waals surface area contributed by atoms with E-state index in [2.05, 4.69) is 15.5 Å². The number of nitrogens with zero attached hydrogens (tertiary/aromatic N) is 2. The molecule has 2 aromatic carbocycles. The number of hydrogen-bond donors (Lipinski definition) is 3. The van der Waals surface area contributed by atoms with Crippen molar-refractivity contribution in [3.8, 4) is 5.75 Å². The molecule has 9 nitrogen and oxygen atoms in total. The van der Waals surface area contributed by atoms with Crippen LogP contribution in [-0.2, 0) is 9.53 Å². The lowest BCUT2D eigenvalue weighted by Crippen LogP contribution is -2.50. The highest BCUT2D eigenvalue weighted by atomic mass is 19.1. The third kappa shape index (κ3) is 5.30. The molecule has 0 aromatic heterocycles. The zero-order chi connectivity index (χ0) is 25.2. The molecule has 3 N–H and O–H groups in total. The second-order valence-corrected chi connectivity index (χ2v) is 9.63. The smallest absolute Gasteiger partial charge is 0.323 e. The Hall–Kier alpha value is -3.21. The molecule has 3 amide bonds. The molecule has 2 fully saturated rings. The van der Waals surface area contributed by atoms with Crippen molar-refractivity contribution in [2.24, 2.45) is 0 Å². The summed E-state index contributed by atoms with van der Waals surface area (Å²) >= 11 is 0. The van der Waals surface area contributed by atoms with E-state index in [9.17, 15) is 19.1 Å². The Morgan fingerprint density at radius 2 is 1.75 bits per heavy atom. The minimum atomic E-state index is -0.542. The maximum Gasteiger partial charge on any atom is 0.323 e. The molecule has 0 unspecified atom stereocenters. The number of anilines is 2. The van der Waals surface area contributed by atoms with E-state index in [0.29, 0.717) is 36.6 Å². The summed E-state index contributed by atoms with van der Waals surface area (Å²) in [5, 5.41) is 15.5. The SMILES string of the molecule is CN1CCN(C(=O)C[C@@H]2C[C@H]3c4cc(NC(=O)Nc5ccc(F)cc5)ccc4O[C@H]3[C@H](CO)O2)CC1. The highest BCUT2D eigenvalue weighted by Gasteiger charge is 2.46. The van der Waals surface area contributed by atoms with Gasteiger partial charge in [0.25, 0.3) is 0 Å². The fourth-order valence-electron chi connectivity index (χ4n) is 5.17. The van der Waals surface area contributed by atoms with Gasteiger partial charge in [0.15, 0.2) is 0 Å². The molecule has 2 aromatic rings. The van der Waals surface area contributed by atoms with Crippen LogP contribution < -0.4 is 15.4 Å². The van der Waals surface area contributed by atoms with Gasteiger partial charge in [0.05, 0.1) is 19.1 Å². The minimum absolute atomic E-state index is 0.0651. The number of hydrogen-bond acceptors (Lipinski definition) is 6. The van der Waals surface area contributed by atoms with Crippen molar-refractivity contribution in [3.63, 3.8) is 0 Å². The summed E-state index contributed by atoms with van der Waals surface area (Å²) < 4.78 is 25.3. The predicted molar refractivity (Wildman–Crippen MR) is 132 cm³/mol. The molecule has 0 radical (unpaired) electrons. The van der Waals surface area contributed by atoms with Crippen molar-refractivity contribution in [1.82, 2.24) is 9.80 Å². The lowest BCUT2D eigenvalue weighted by atomic mass is 9.84. The van der Waals surface area contributed by atoms with Crippen LogP contribution in [0, 0.1) is 5.82 Å². The van der Waals surface area contributed by atoms with Crippen molar-refractivity contribution >= 4 is 23.3 Å². The van der Waals surface area contributed by atoms with Crippen molar-refractivity contribution in [2.75, 3.05) is 50.5 Å². The molecule has 4 atom stereocenters. The number of carbonyl (C=O) groups excluding carboxylic acids is 2. The van der Waals surface area contributed by atoms with Gasteiger partial charge in [-0.1, -0.05) is 0 Å². The number of urea groups is 1. The summed E-state index contributed by atoms with van der Waals surface area (Å²) in [6, 6.07) is 10.5. The topological polar surface area (TPSA) is 103 Å². The fraction of sp³-hybridized carbons (Fsp3) is 0.462. The number of amides is 3. The Bertz CT molecular complexity index is 1110. The van der Waals surface area contributed by atoms with Crippen molar-refractivity contribution < 1.29 is 28.6 Å². The summed E-state index contributed by atoms with van der Waals surface area (Å²) in [6.07, 6.45) is -0.387. The van der Waals surface area contributed by atoms with Crippen molar-refractivity contribution in [3.05, 3.63) is 53.8 Å². The first-order valence-corrected chi connectivity index (χ1v) is 12.3. The highest BCUT2D eigenvalue weighted by molar-refractivity contribution is 5.99. The van der Waals surface area contributed by atoms with Crippen LogP contribution in [0.2, 0.25) is 0 Å². The average Bonchev–Trinajstić information content (AvgIpc) is 3.23. The van der Waals surface area contributed by atoms with E-state index in [0.717, 1.165) is 18.7 Å². The van der Waals surface area contributed by atoms with Gasteiger partial charge in [-0.3, -0.25) is 4.79 Å². The van der Waals surface area contributed by atoms with Crippen molar-refractivity contribution in [1.29, 1.82) is 0 Å². The van der Waals surface area contributed by atoms with E-state index >= 15 is 0 Å². The number of carbonyl (C=O) groups is 2. The number of likely N-dealkylation sites (N-methyl/N-ethyl adjacent to an activating group) is 1. The van der Waals surface area contributed by atoms with Gasteiger partial charge in [-0.2, -0.15) is 0 Å². The van der Waals surface area contributed by atoms with E-state index in [1.54, 1.807) is 12.1 Å². The Balaban J connectivity index is 1.26. The average molecular weight is 499 g/mol. The molecule has 0 bridgehead atoms. The van der Waals surface area contributed by atoms with Gasteiger partial charge < -0.3 is 35.0 Å². The van der Waals surface area contributed by atoms with Crippen LogP contribution in [0.5, 0.6) is 5.75 Å². The van der Waals surface area contributed by atoms with Gasteiger partial charge in [0, 0.05) is 49.0 Å². The van der Waals surface area contributed by atoms with E-state index < -0.39 is 12.1 Å². The molecule has 3 heterocycles. The summed E-state index contributed by atoms with van der Waals surface area (Å²) in [5.74, 6) is 0.297. The largest absolute Gasteiger partial charge is 0.487 e. The summed E-state index contributed by atoms with van der Waals surface area (Å²) in [6.45, 7) is 2.91. The molecule has 3 aliphatic heterocycles. The van der Waals surface area contributed by atoms with Crippen LogP contribution >= 0.6 is 0 Å². The quantitative estimate of drug-likeness (QED) is 0.586. The maximum atomic E-state index is 13.1. The Morgan fingerprint density at radius 1 is 1.06 bits per heavy atom. The molecule has 3 aliphatic rings. The van der Waals surface area contributed by atoms with Gasteiger partial charge in [-0.05, 0) is 55.9 Å². The number of piperazine rings is 1. The van der Waals surface area contributed by atoms with E-state index in [4.69, 9.17) is 9.47 Å². The second kappa shape index (κ2) is 10.4. The Kier molecular flexibility index (Phi) is 7.08. The number of fused-ring (bicyclic) bond motifs is 3. The first kappa shape index (κ1) is 24.5. The lowest BCUT2D eigenvalue weighted by Gasteiger charge is -2.38. The summed E-state index contributed by atoms with van der Waals surface area (Å²) in [4.78, 5) is 29.4. The van der Waals surface area contributed by atoms with Gasteiger partial charge in [-0.15, -0.1) is 0 Å². The third-order valence-electron chi connectivity index (χ3n) is 7.12. The number of halogens is 1. The molecule has 10 heteroatoms. The van der Waals surface area contributed by atoms with Gasteiger partial charge >= 0.3 is 6.03 Å². The predicted octanol–water partition coefficient (Wildman–Crippen LogP) is 2.63. The van der Waals surface area contributed by atoms with Crippen molar-refractivity contribution in [2.45, 2.75) is 37.1 Å². The van der Waals surface area contributed by atoms with Crippen LogP contribution in [0.4, 0.5) is 20.6 Å². The van der Waals surface area contributed by atoms with E-state index in [1.165, 1.54) is 24.3 Å². The molecular formula is C26H31FN4O5. The molecule has 36 heavy (non-hydrogen) atoms. The number of rotatable bonds is 5. The molecular weight excluding hydrogens is 467 g/mol. The normalized spacial score (nSPS) is 25.5. The third-order valence-corrected chi connectivity index (χ3v) is 7.12. The van der Waals surface area contributed by atoms with Crippen LogP contribution in [-0.4, -0.2) is 85.0 Å². The van der Waals surface area contributed by atoms with E-state index in [-0.39, 0.29) is 42.9 Å². The first-order chi connectivity index (χ1) is 17.4. The summed E-state index contributed by atoms with van der Waals surface area (Å²) in [5.41, 5.74) is 1.97. The molecule has 192 valence electrons. The molecule has 5 rings (SSSR count). The molecule has 0 aliphatic carbocycles. The van der Waals surface area contributed by atoms with Gasteiger partial charge in [0.1, 0.15) is 23.8 Å².